The molecule has 102 valence electrons. The Balaban J connectivity index is 2.60. The van der Waals surface area contributed by atoms with Crippen molar-refractivity contribution in [1.29, 1.82) is 0 Å². The fraction of sp³-hybridized carbons (Fsp3) is 0.667. The van der Waals surface area contributed by atoms with Crippen molar-refractivity contribution >= 4 is 11.9 Å². The lowest BCUT2D eigenvalue weighted by molar-refractivity contribution is -0.145. The second-order valence-electron chi connectivity index (χ2n) is 4.01. The molecule has 1 aliphatic heterocycles. The fourth-order valence-electron chi connectivity index (χ4n) is 1.67. The van der Waals surface area contributed by atoms with Gasteiger partial charge in [0.1, 0.15) is 6.10 Å². The molecule has 0 aliphatic carbocycles. The van der Waals surface area contributed by atoms with Gasteiger partial charge in [-0.15, -0.1) is 0 Å². The van der Waals surface area contributed by atoms with Gasteiger partial charge in [0, 0.05) is 6.42 Å². The molecule has 0 aromatic rings. The number of aliphatic hydroxyl groups is 1. The Labute approximate surface area is 106 Å². The number of ether oxygens (including phenoxy) is 2. The molecule has 0 aromatic heterocycles. The van der Waals surface area contributed by atoms with Crippen LogP contribution in [0.3, 0.4) is 0 Å². The van der Waals surface area contributed by atoms with Gasteiger partial charge in [-0.2, -0.15) is 0 Å². The average Bonchev–Trinajstić information content (AvgIpc) is 2.39. The summed E-state index contributed by atoms with van der Waals surface area (Å²) in [6, 6.07) is -0.364. The van der Waals surface area contributed by atoms with Gasteiger partial charge >= 0.3 is 5.97 Å². The summed E-state index contributed by atoms with van der Waals surface area (Å²) >= 11 is 0. The van der Waals surface area contributed by atoms with E-state index in [2.05, 4.69) is 10.1 Å². The highest BCUT2D eigenvalue weighted by atomic mass is 16.5. The smallest absolute Gasteiger partial charge is 0.308 e. The first-order valence-electron chi connectivity index (χ1n) is 5.91. The number of nitrogens with one attached hydrogen (secondary N) is 1. The summed E-state index contributed by atoms with van der Waals surface area (Å²) in [5, 5.41) is 12.0. The number of rotatable bonds is 5. The Morgan fingerprint density at radius 2 is 2.17 bits per heavy atom. The van der Waals surface area contributed by atoms with Gasteiger partial charge < -0.3 is 19.9 Å². The van der Waals surface area contributed by atoms with E-state index < -0.39 is 12.2 Å². The SMILES string of the molecule is CCC(=O)N[C@@H]1C=C[C@H](CC(=O)OC)O[C@H]1CO. The highest BCUT2D eigenvalue weighted by Crippen LogP contribution is 2.16. The summed E-state index contributed by atoms with van der Waals surface area (Å²) in [6.45, 7) is 1.52. The Kier molecular flexibility index (Phi) is 5.80. The minimum absolute atomic E-state index is 0.0952. The number of methoxy groups -OCH3 is 1. The lowest BCUT2D eigenvalue weighted by Crippen LogP contribution is -2.48. The van der Waals surface area contributed by atoms with Crippen LogP contribution >= 0.6 is 0 Å². The van der Waals surface area contributed by atoms with Crippen LogP contribution in [0.1, 0.15) is 19.8 Å². The highest BCUT2D eigenvalue weighted by molar-refractivity contribution is 5.76. The van der Waals surface area contributed by atoms with Crippen molar-refractivity contribution in [3.8, 4) is 0 Å². The van der Waals surface area contributed by atoms with E-state index in [0.29, 0.717) is 6.42 Å². The average molecular weight is 257 g/mol. The molecule has 1 amide bonds. The molecule has 0 aromatic carbocycles. The molecule has 2 N–H and O–H groups in total. The largest absolute Gasteiger partial charge is 0.469 e. The summed E-state index contributed by atoms with van der Waals surface area (Å²) in [5.74, 6) is -0.490. The van der Waals surface area contributed by atoms with Crippen LogP contribution in [0.2, 0.25) is 0 Å². The standard InChI is InChI=1S/C12H19NO5/c1-3-11(15)13-9-5-4-8(6-12(16)17-2)18-10(9)7-14/h4-5,8-10,14H,3,6-7H2,1-2H3,(H,13,15)/t8-,9-,10+/m1/s1. The zero-order valence-corrected chi connectivity index (χ0v) is 10.6. The summed E-state index contributed by atoms with van der Waals surface area (Å²) in [6.07, 6.45) is 2.94. The number of hydrogen-bond donors (Lipinski definition) is 2. The number of hydrogen-bond acceptors (Lipinski definition) is 5. The molecule has 3 atom stereocenters. The van der Waals surface area contributed by atoms with Crippen LogP contribution in [-0.2, 0) is 19.1 Å². The number of carbonyl (C=O) groups is 2. The van der Waals surface area contributed by atoms with E-state index in [1.54, 1.807) is 19.1 Å². The second kappa shape index (κ2) is 7.13. The lowest BCUT2D eigenvalue weighted by atomic mass is 10.0. The highest BCUT2D eigenvalue weighted by Gasteiger charge is 2.28. The molecular formula is C12H19NO5. The van der Waals surface area contributed by atoms with Gasteiger partial charge in [-0.3, -0.25) is 9.59 Å². The third-order valence-electron chi connectivity index (χ3n) is 2.71. The van der Waals surface area contributed by atoms with E-state index in [4.69, 9.17) is 4.74 Å². The summed E-state index contributed by atoms with van der Waals surface area (Å²) < 4.78 is 10.1. The van der Waals surface area contributed by atoms with Gasteiger partial charge in [-0.1, -0.05) is 19.1 Å². The van der Waals surface area contributed by atoms with Gasteiger partial charge in [0.05, 0.1) is 32.3 Å². The molecule has 0 unspecified atom stereocenters. The van der Waals surface area contributed by atoms with E-state index in [0.717, 1.165) is 0 Å². The Morgan fingerprint density at radius 3 is 2.72 bits per heavy atom. The number of carbonyl (C=O) groups excluding carboxylic acids is 2. The molecular weight excluding hydrogens is 238 g/mol. The minimum atomic E-state index is -0.542. The molecule has 6 nitrogen and oxygen atoms in total. The van der Waals surface area contributed by atoms with E-state index in [1.807, 2.05) is 0 Å². The van der Waals surface area contributed by atoms with Crippen LogP contribution in [0.5, 0.6) is 0 Å². The van der Waals surface area contributed by atoms with Crippen molar-refractivity contribution in [2.75, 3.05) is 13.7 Å². The van der Waals surface area contributed by atoms with E-state index >= 15 is 0 Å². The van der Waals surface area contributed by atoms with Gasteiger partial charge in [-0.25, -0.2) is 0 Å². The number of aliphatic hydroxyl groups excluding tert-OH is 1. The molecule has 0 spiro atoms. The van der Waals surface area contributed by atoms with Crippen LogP contribution in [0.15, 0.2) is 12.2 Å². The fourth-order valence-corrected chi connectivity index (χ4v) is 1.67. The monoisotopic (exact) mass is 257 g/mol. The zero-order valence-electron chi connectivity index (χ0n) is 10.6. The molecule has 0 saturated heterocycles. The molecule has 0 fully saturated rings. The number of esters is 1. The molecule has 0 radical (unpaired) electrons. The summed E-state index contributed by atoms with van der Waals surface area (Å²) in [5.41, 5.74) is 0. The van der Waals surface area contributed by atoms with Crippen molar-refractivity contribution in [3.05, 3.63) is 12.2 Å². The van der Waals surface area contributed by atoms with E-state index in [1.165, 1.54) is 7.11 Å². The Morgan fingerprint density at radius 1 is 1.44 bits per heavy atom. The number of amides is 1. The normalized spacial score (nSPS) is 26.7. The first kappa shape index (κ1) is 14.7. The van der Waals surface area contributed by atoms with Crippen molar-refractivity contribution < 1.29 is 24.2 Å². The van der Waals surface area contributed by atoms with Crippen LogP contribution in [0.4, 0.5) is 0 Å². The molecule has 1 rings (SSSR count). The van der Waals surface area contributed by atoms with Gasteiger partial charge in [0.15, 0.2) is 0 Å². The molecule has 1 aliphatic rings. The molecule has 6 heteroatoms. The van der Waals surface area contributed by atoms with Gasteiger partial charge in [-0.05, 0) is 0 Å². The van der Waals surface area contributed by atoms with Crippen LogP contribution in [-0.4, -0.2) is 48.9 Å². The summed E-state index contributed by atoms with van der Waals surface area (Å²) in [7, 11) is 1.31. The van der Waals surface area contributed by atoms with Crippen molar-refractivity contribution in [3.63, 3.8) is 0 Å². The van der Waals surface area contributed by atoms with Crippen LogP contribution < -0.4 is 5.32 Å². The zero-order chi connectivity index (χ0) is 13.5. The van der Waals surface area contributed by atoms with Crippen LogP contribution in [0, 0.1) is 0 Å². The Hall–Kier alpha value is -1.40. The second-order valence-corrected chi connectivity index (χ2v) is 4.01. The predicted octanol–water partition coefficient (Wildman–Crippen LogP) is -0.240. The Bertz CT molecular complexity index is 328. The lowest BCUT2D eigenvalue weighted by Gasteiger charge is -2.31. The van der Waals surface area contributed by atoms with Gasteiger partial charge in [0.25, 0.3) is 0 Å². The third-order valence-corrected chi connectivity index (χ3v) is 2.71. The van der Waals surface area contributed by atoms with Crippen molar-refractivity contribution in [2.45, 2.75) is 38.0 Å². The maximum atomic E-state index is 11.3. The quantitative estimate of drug-likeness (QED) is 0.524. The topological polar surface area (TPSA) is 84.9 Å². The van der Waals surface area contributed by atoms with Gasteiger partial charge in [0.2, 0.25) is 5.91 Å². The van der Waals surface area contributed by atoms with E-state index in [-0.39, 0.29) is 30.9 Å². The van der Waals surface area contributed by atoms with Crippen molar-refractivity contribution in [2.24, 2.45) is 0 Å². The maximum Gasteiger partial charge on any atom is 0.308 e. The molecule has 0 bridgehead atoms. The van der Waals surface area contributed by atoms with Crippen LogP contribution in [0.25, 0.3) is 0 Å². The first-order valence-corrected chi connectivity index (χ1v) is 5.91. The third kappa shape index (κ3) is 4.12. The molecule has 1 heterocycles. The predicted molar refractivity (Wildman–Crippen MR) is 63.7 cm³/mol. The first-order chi connectivity index (χ1) is 8.60. The van der Waals surface area contributed by atoms with Crippen molar-refractivity contribution in [1.82, 2.24) is 5.32 Å². The molecule has 18 heavy (non-hydrogen) atoms. The minimum Gasteiger partial charge on any atom is -0.469 e. The summed E-state index contributed by atoms with van der Waals surface area (Å²) in [4.78, 5) is 22.4. The van der Waals surface area contributed by atoms with E-state index in [9.17, 15) is 14.7 Å². The molecule has 0 saturated carbocycles. The maximum absolute atomic E-state index is 11.3.